The van der Waals surface area contributed by atoms with Gasteiger partial charge in [-0.05, 0) is 56.6 Å². The second-order valence-corrected chi connectivity index (χ2v) is 6.67. The van der Waals surface area contributed by atoms with Gasteiger partial charge in [0.2, 0.25) is 0 Å². The molecule has 0 saturated heterocycles. The van der Waals surface area contributed by atoms with Gasteiger partial charge in [-0.15, -0.1) is 0 Å². The zero-order chi connectivity index (χ0) is 15.8. The molecule has 0 radical (unpaired) electrons. The van der Waals surface area contributed by atoms with Crippen molar-refractivity contribution in [2.45, 2.75) is 0 Å². The van der Waals surface area contributed by atoms with Crippen molar-refractivity contribution in [2.24, 2.45) is 0 Å². The van der Waals surface area contributed by atoms with Crippen molar-refractivity contribution >= 4 is 44.1 Å². The first-order valence-corrected chi connectivity index (χ1v) is 8.61. The van der Waals surface area contributed by atoms with Crippen LogP contribution in [0.3, 0.4) is 0 Å². The Balaban J connectivity index is 2.16. The molecular weight excluding hydrogens is 395 g/mol. The lowest BCUT2D eigenvalue weighted by atomic mass is 9.93. The van der Waals surface area contributed by atoms with E-state index >= 15 is 0 Å². The van der Waals surface area contributed by atoms with Crippen molar-refractivity contribution in [3.63, 3.8) is 0 Å². The summed E-state index contributed by atoms with van der Waals surface area (Å²) in [6, 6.07) is 25.6. The predicted octanol–water partition coefficient (Wildman–Crippen LogP) is 6.27. The van der Waals surface area contributed by atoms with Crippen LogP contribution in [0.2, 0.25) is 0 Å². The van der Waals surface area contributed by atoms with Crippen molar-refractivity contribution in [3.05, 3.63) is 76.4 Å². The number of hydrogen-bond donors (Lipinski definition) is 0. The Morgan fingerprint density at radius 2 is 1.17 bits per heavy atom. The Morgan fingerprint density at radius 1 is 0.652 bits per heavy atom. The molecule has 0 bridgehead atoms. The summed E-state index contributed by atoms with van der Waals surface area (Å²) in [5.74, 6) is 0.918. The minimum Gasteiger partial charge on any atom is -0.496 e. The van der Waals surface area contributed by atoms with Gasteiger partial charge in [0.1, 0.15) is 5.75 Å². The van der Waals surface area contributed by atoms with E-state index in [0.29, 0.717) is 0 Å². The Kier molecular flexibility index (Phi) is 3.69. The highest BCUT2D eigenvalue weighted by Crippen LogP contribution is 2.39. The van der Waals surface area contributed by atoms with E-state index in [-0.39, 0.29) is 0 Å². The molecule has 0 saturated carbocycles. The number of fused-ring (bicyclic) bond motifs is 2. The van der Waals surface area contributed by atoms with Crippen LogP contribution in [0.25, 0.3) is 32.7 Å². The van der Waals surface area contributed by atoms with E-state index in [1.807, 2.05) is 12.1 Å². The fourth-order valence-electron chi connectivity index (χ4n) is 3.22. The summed E-state index contributed by atoms with van der Waals surface area (Å²) in [4.78, 5) is 0. The van der Waals surface area contributed by atoms with Gasteiger partial charge < -0.3 is 4.74 Å². The SMILES string of the molecule is COc1cccc2cccc(-c3cccc4cccc(I)c34)c12. The molecule has 4 aromatic rings. The highest BCUT2D eigenvalue weighted by molar-refractivity contribution is 14.1. The smallest absolute Gasteiger partial charge is 0.127 e. The third-order valence-corrected chi connectivity index (χ3v) is 5.13. The van der Waals surface area contributed by atoms with Crippen molar-refractivity contribution < 1.29 is 4.74 Å². The molecule has 4 aromatic carbocycles. The van der Waals surface area contributed by atoms with Crippen molar-refractivity contribution in [3.8, 4) is 16.9 Å². The van der Waals surface area contributed by atoms with Crippen LogP contribution in [0.5, 0.6) is 5.75 Å². The molecule has 0 amide bonds. The molecule has 0 heterocycles. The minimum atomic E-state index is 0.918. The van der Waals surface area contributed by atoms with Gasteiger partial charge in [-0.2, -0.15) is 0 Å². The van der Waals surface area contributed by atoms with E-state index in [2.05, 4.69) is 83.3 Å². The van der Waals surface area contributed by atoms with Crippen molar-refractivity contribution in [1.29, 1.82) is 0 Å². The first-order valence-electron chi connectivity index (χ1n) is 7.53. The number of hydrogen-bond acceptors (Lipinski definition) is 1. The second-order valence-electron chi connectivity index (χ2n) is 5.51. The first-order chi connectivity index (χ1) is 11.3. The topological polar surface area (TPSA) is 9.23 Å². The average Bonchev–Trinajstić information content (AvgIpc) is 2.60. The fraction of sp³-hybridized carbons (Fsp3) is 0.0476. The molecule has 0 fully saturated rings. The summed E-state index contributed by atoms with van der Waals surface area (Å²) >= 11 is 2.42. The maximum atomic E-state index is 5.63. The van der Waals surface area contributed by atoms with Gasteiger partial charge in [-0.25, -0.2) is 0 Å². The molecule has 1 nitrogen and oxygen atoms in total. The summed E-state index contributed by atoms with van der Waals surface area (Å²) in [7, 11) is 1.73. The molecule has 0 spiro atoms. The highest BCUT2D eigenvalue weighted by Gasteiger charge is 2.12. The summed E-state index contributed by atoms with van der Waals surface area (Å²) in [6.45, 7) is 0. The molecule has 0 atom stereocenters. The van der Waals surface area contributed by atoms with Gasteiger partial charge in [0.15, 0.2) is 0 Å². The van der Waals surface area contributed by atoms with E-state index in [4.69, 9.17) is 4.74 Å². The molecule has 0 aromatic heterocycles. The van der Waals surface area contributed by atoms with Crippen LogP contribution in [-0.4, -0.2) is 7.11 Å². The standard InChI is InChI=1S/C21H15IO/c1-23-19-13-5-9-15-7-3-11-17(21(15)19)16-10-2-6-14-8-4-12-18(22)20(14)16/h2-13H,1H3. The molecule has 2 heteroatoms. The van der Waals surface area contributed by atoms with E-state index in [9.17, 15) is 0 Å². The number of ether oxygens (including phenoxy) is 1. The molecule has 4 rings (SSSR count). The molecule has 0 aliphatic carbocycles. The van der Waals surface area contributed by atoms with Gasteiger partial charge in [-0.1, -0.05) is 60.7 Å². The van der Waals surface area contributed by atoms with Crippen LogP contribution >= 0.6 is 22.6 Å². The minimum absolute atomic E-state index is 0.918. The fourth-order valence-corrected chi connectivity index (χ4v) is 4.03. The number of methoxy groups -OCH3 is 1. The normalized spacial score (nSPS) is 11.0. The molecule has 112 valence electrons. The van der Waals surface area contributed by atoms with Crippen LogP contribution in [0.1, 0.15) is 0 Å². The quantitative estimate of drug-likeness (QED) is 0.354. The summed E-state index contributed by atoms with van der Waals surface area (Å²) < 4.78 is 6.90. The van der Waals surface area contributed by atoms with Gasteiger partial charge in [0.05, 0.1) is 7.11 Å². The monoisotopic (exact) mass is 410 g/mol. The highest BCUT2D eigenvalue weighted by atomic mass is 127. The average molecular weight is 410 g/mol. The number of benzene rings is 4. The molecular formula is C21H15IO. The lowest BCUT2D eigenvalue weighted by Gasteiger charge is -2.14. The van der Waals surface area contributed by atoms with Gasteiger partial charge >= 0.3 is 0 Å². The molecule has 23 heavy (non-hydrogen) atoms. The number of rotatable bonds is 2. The Bertz CT molecular complexity index is 1010. The van der Waals surface area contributed by atoms with Crippen LogP contribution in [-0.2, 0) is 0 Å². The summed E-state index contributed by atoms with van der Waals surface area (Å²) in [6.07, 6.45) is 0. The molecule has 0 N–H and O–H groups in total. The van der Waals surface area contributed by atoms with Crippen LogP contribution in [0.4, 0.5) is 0 Å². The zero-order valence-electron chi connectivity index (χ0n) is 12.7. The molecule has 0 aliphatic heterocycles. The van der Waals surface area contributed by atoms with Crippen LogP contribution in [0, 0.1) is 3.57 Å². The molecule has 0 aliphatic rings. The lowest BCUT2D eigenvalue weighted by Crippen LogP contribution is -1.90. The largest absolute Gasteiger partial charge is 0.496 e. The maximum absolute atomic E-state index is 5.63. The van der Waals surface area contributed by atoms with E-state index in [0.717, 1.165) is 5.75 Å². The van der Waals surface area contributed by atoms with E-state index < -0.39 is 0 Å². The first kappa shape index (κ1) is 14.5. The summed E-state index contributed by atoms with van der Waals surface area (Å²) in [5.41, 5.74) is 2.47. The van der Waals surface area contributed by atoms with Crippen molar-refractivity contribution in [2.75, 3.05) is 7.11 Å². The van der Waals surface area contributed by atoms with Crippen LogP contribution < -0.4 is 4.74 Å². The molecule has 0 unspecified atom stereocenters. The zero-order valence-corrected chi connectivity index (χ0v) is 14.9. The van der Waals surface area contributed by atoms with Gasteiger partial charge in [-0.3, -0.25) is 0 Å². The summed E-state index contributed by atoms with van der Waals surface area (Å²) in [5, 5.41) is 4.93. The Morgan fingerprint density at radius 3 is 1.83 bits per heavy atom. The Labute approximate surface area is 149 Å². The Hall–Kier alpha value is -2.07. The predicted molar refractivity (Wildman–Crippen MR) is 106 cm³/mol. The van der Waals surface area contributed by atoms with Gasteiger partial charge in [0, 0.05) is 14.3 Å². The van der Waals surface area contributed by atoms with E-state index in [1.54, 1.807) is 7.11 Å². The lowest BCUT2D eigenvalue weighted by molar-refractivity contribution is 0.420. The second kappa shape index (κ2) is 5.85. The maximum Gasteiger partial charge on any atom is 0.127 e. The number of halogens is 1. The third kappa shape index (κ3) is 2.38. The van der Waals surface area contributed by atoms with E-state index in [1.165, 1.54) is 36.2 Å². The van der Waals surface area contributed by atoms with Crippen LogP contribution in [0.15, 0.2) is 72.8 Å². The van der Waals surface area contributed by atoms with Gasteiger partial charge in [0.25, 0.3) is 0 Å². The third-order valence-electron chi connectivity index (χ3n) is 4.23. The van der Waals surface area contributed by atoms with Crippen molar-refractivity contribution in [1.82, 2.24) is 0 Å².